The molecular weight excluding hydrogens is 136 g/mol. The molecule has 2 heterocycles. The van der Waals surface area contributed by atoms with Crippen LogP contribution in [0.2, 0.25) is 0 Å². The fourth-order valence-corrected chi connectivity index (χ4v) is 1.21. The third-order valence-electron chi connectivity index (χ3n) is 1.05. The topological polar surface area (TPSA) is 43.1 Å². The maximum Gasteiger partial charge on any atom is 0.198 e. The molecule has 0 aromatic carbocycles. The van der Waals surface area contributed by atoms with Crippen LogP contribution >= 0.6 is 11.8 Å². The number of hydrogen-bond donors (Lipinski definition) is 0. The highest BCUT2D eigenvalue weighted by atomic mass is 32.2. The number of thioether (sulfide) groups is 1. The molecule has 0 atom stereocenters. The standard InChI is InChI=1S/C4H4N4S/c1-5-3-9-4-7-6-2-8(1)4/h2-3H,1H2. The SMILES string of the molecule is C1=NCn2cnnc2S1. The highest BCUT2D eigenvalue weighted by Crippen LogP contribution is 2.14. The van der Waals surface area contributed by atoms with Gasteiger partial charge in [0.05, 0.1) is 5.55 Å². The zero-order valence-corrected chi connectivity index (χ0v) is 5.38. The van der Waals surface area contributed by atoms with E-state index in [0.717, 1.165) is 5.16 Å². The van der Waals surface area contributed by atoms with Crippen molar-refractivity contribution >= 4 is 17.3 Å². The van der Waals surface area contributed by atoms with E-state index in [9.17, 15) is 0 Å². The van der Waals surface area contributed by atoms with E-state index in [1.165, 1.54) is 11.8 Å². The van der Waals surface area contributed by atoms with Crippen LogP contribution in [-0.4, -0.2) is 20.3 Å². The van der Waals surface area contributed by atoms with Crippen LogP contribution in [0.5, 0.6) is 0 Å². The molecule has 1 aliphatic heterocycles. The summed E-state index contributed by atoms with van der Waals surface area (Å²) >= 11 is 1.49. The summed E-state index contributed by atoms with van der Waals surface area (Å²) in [6, 6.07) is 0. The second-order valence-electron chi connectivity index (χ2n) is 1.63. The fraction of sp³-hybridized carbons (Fsp3) is 0.250. The van der Waals surface area contributed by atoms with Gasteiger partial charge in [-0.3, -0.25) is 9.56 Å². The number of hydrogen-bond acceptors (Lipinski definition) is 4. The summed E-state index contributed by atoms with van der Waals surface area (Å²) in [6.07, 6.45) is 1.68. The second kappa shape index (κ2) is 1.84. The van der Waals surface area contributed by atoms with E-state index in [1.807, 2.05) is 4.57 Å². The smallest absolute Gasteiger partial charge is 0.198 e. The van der Waals surface area contributed by atoms with Crippen molar-refractivity contribution in [3.05, 3.63) is 6.33 Å². The first kappa shape index (κ1) is 4.99. The molecule has 0 fully saturated rings. The normalized spacial score (nSPS) is 15.6. The first-order valence-electron chi connectivity index (χ1n) is 2.49. The molecule has 1 aromatic rings. The van der Waals surface area contributed by atoms with Crippen LogP contribution in [-0.2, 0) is 6.67 Å². The maximum absolute atomic E-state index is 4.01. The lowest BCUT2D eigenvalue weighted by molar-refractivity contribution is 0.659. The Bertz CT molecular complexity index is 218. The highest BCUT2D eigenvalue weighted by molar-refractivity contribution is 8.12. The van der Waals surface area contributed by atoms with E-state index >= 15 is 0 Å². The van der Waals surface area contributed by atoms with Crippen LogP contribution in [0.3, 0.4) is 0 Å². The molecule has 46 valence electrons. The first-order chi connectivity index (χ1) is 4.47. The lowest BCUT2D eigenvalue weighted by atomic mass is 10.9. The van der Waals surface area contributed by atoms with Crippen molar-refractivity contribution in [3.8, 4) is 0 Å². The van der Waals surface area contributed by atoms with Gasteiger partial charge in [-0.15, -0.1) is 10.2 Å². The molecule has 0 saturated carbocycles. The Kier molecular flexibility index (Phi) is 1.02. The summed E-state index contributed by atoms with van der Waals surface area (Å²) in [7, 11) is 0. The van der Waals surface area contributed by atoms with Crippen molar-refractivity contribution in [3.63, 3.8) is 0 Å². The quantitative estimate of drug-likeness (QED) is 0.523. The van der Waals surface area contributed by atoms with Gasteiger partial charge in [0.25, 0.3) is 0 Å². The largest absolute Gasteiger partial charge is 0.288 e. The summed E-state index contributed by atoms with van der Waals surface area (Å²) in [4.78, 5) is 4.01. The van der Waals surface area contributed by atoms with E-state index in [-0.39, 0.29) is 0 Å². The molecule has 4 nitrogen and oxygen atoms in total. The Hall–Kier alpha value is -0.840. The molecule has 0 amide bonds. The third kappa shape index (κ3) is 0.730. The number of aliphatic imine (C=N–C) groups is 1. The van der Waals surface area contributed by atoms with Gasteiger partial charge in [0.2, 0.25) is 0 Å². The molecule has 0 saturated heterocycles. The van der Waals surface area contributed by atoms with Crippen LogP contribution in [0.25, 0.3) is 0 Å². The first-order valence-corrected chi connectivity index (χ1v) is 3.37. The van der Waals surface area contributed by atoms with Crippen LogP contribution < -0.4 is 0 Å². The Morgan fingerprint density at radius 1 is 1.67 bits per heavy atom. The van der Waals surface area contributed by atoms with Crippen LogP contribution in [0.1, 0.15) is 0 Å². The molecule has 9 heavy (non-hydrogen) atoms. The van der Waals surface area contributed by atoms with Crippen molar-refractivity contribution in [2.45, 2.75) is 11.8 Å². The van der Waals surface area contributed by atoms with Gasteiger partial charge < -0.3 is 0 Å². The fourth-order valence-electron chi connectivity index (χ4n) is 0.638. The predicted molar refractivity (Wildman–Crippen MR) is 34.4 cm³/mol. The summed E-state index contributed by atoms with van der Waals surface area (Å²) in [5, 5.41) is 8.48. The van der Waals surface area contributed by atoms with Gasteiger partial charge in [0.1, 0.15) is 13.0 Å². The number of nitrogens with zero attached hydrogens (tertiary/aromatic N) is 4. The Morgan fingerprint density at radius 3 is 3.56 bits per heavy atom. The zero-order valence-electron chi connectivity index (χ0n) is 4.56. The molecule has 0 unspecified atom stereocenters. The van der Waals surface area contributed by atoms with E-state index in [1.54, 1.807) is 11.9 Å². The molecule has 5 heteroatoms. The summed E-state index contributed by atoms with van der Waals surface area (Å²) < 4.78 is 1.89. The predicted octanol–water partition coefficient (Wildman–Crippen LogP) is 0.370. The van der Waals surface area contributed by atoms with E-state index in [4.69, 9.17) is 0 Å². The number of rotatable bonds is 0. The maximum atomic E-state index is 4.01. The summed E-state index contributed by atoms with van der Waals surface area (Å²) in [6.45, 7) is 0.662. The van der Waals surface area contributed by atoms with E-state index < -0.39 is 0 Å². The Labute approximate surface area is 56.0 Å². The van der Waals surface area contributed by atoms with Crippen molar-refractivity contribution in [1.29, 1.82) is 0 Å². The molecule has 0 bridgehead atoms. The molecule has 0 spiro atoms. The van der Waals surface area contributed by atoms with Crippen molar-refractivity contribution < 1.29 is 0 Å². The summed E-state index contributed by atoms with van der Waals surface area (Å²) in [5.74, 6) is 0. The van der Waals surface area contributed by atoms with Gasteiger partial charge in [-0.2, -0.15) is 0 Å². The molecule has 1 aromatic heterocycles. The van der Waals surface area contributed by atoms with Gasteiger partial charge in [-0.25, -0.2) is 0 Å². The van der Waals surface area contributed by atoms with Crippen molar-refractivity contribution in [2.24, 2.45) is 4.99 Å². The van der Waals surface area contributed by atoms with Crippen LogP contribution in [0, 0.1) is 0 Å². The van der Waals surface area contributed by atoms with Gasteiger partial charge in [-0.1, -0.05) is 0 Å². The highest BCUT2D eigenvalue weighted by Gasteiger charge is 2.04. The minimum atomic E-state index is 0.662. The minimum Gasteiger partial charge on any atom is -0.288 e. The van der Waals surface area contributed by atoms with Crippen LogP contribution in [0.15, 0.2) is 16.5 Å². The monoisotopic (exact) mass is 140 g/mol. The molecule has 0 radical (unpaired) electrons. The molecular formula is C4H4N4S. The number of fused-ring (bicyclic) bond motifs is 1. The molecule has 1 aliphatic rings. The molecule has 0 N–H and O–H groups in total. The lowest BCUT2D eigenvalue weighted by Gasteiger charge is -2.02. The summed E-state index contributed by atoms with van der Waals surface area (Å²) in [5.41, 5.74) is 1.78. The van der Waals surface area contributed by atoms with Crippen LogP contribution in [0.4, 0.5) is 0 Å². The Morgan fingerprint density at radius 2 is 2.67 bits per heavy atom. The van der Waals surface area contributed by atoms with E-state index in [0.29, 0.717) is 6.67 Å². The lowest BCUT2D eigenvalue weighted by Crippen LogP contribution is -1.99. The zero-order chi connectivity index (χ0) is 6.10. The third-order valence-corrected chi connectivity index (χ3v) is 1.83. The van der Waals surface area contributed by atoms with Gasteiger partial charge in [0, 0.05) is 0 Å². The average molecular weight is 140 g/mol. The molecule has 2 rings (SSSR count). The van der Waals surface area contributed by atoms with Gasteiger partial charge in [-0.05, 0) is 11.8 Å². The minimum absolute atomic E-state index is 0.662. The number of aromatic nitrogens is 3. The Balaban J connectivity index is 2.46. The molecule has 0 aliphatic carbocycles. The van der Waals surface area contributed by atoms with E-state index in [2.05, 4.69) is 15.2 Å². The average Bonchev–Trinajstić information content (AvgIpc) is 2.33. The van der Waals surface area contributed by atoms with Crippen molar-refractivity contribution in [1.82, 2.24) is 14.8 Å². The second-order valence-corrected chi connectivity index (χ2v) is 2.44. The van der Waals surface area contributed by atoms with Crippen molar-refractivity contribution in [2.75, 3.05) is 0 Å². The van der Waals surface area contributed by atoms with Gasteiger partial charge in [0.15, 0.2) is 5.16 Å². The van der Waals surface area contributed by atoms with Gasteiger partial charge >= 0.3 is 0 Å².